The quantitative estimate of drug-likeness (QED) is 0.244. The third-order valence-electron chi connectivity index (χ3n) is 6.70. The van der Waals surface area contributed by atoms with E-state index in [-0.39, 0.29) is 35.7 Å². The van der Waals surface area contributed by atoms with Gasteiger partial charge in [-0.2, -0.15) is 0 Å². The highest BCUT2D eigenvalue weighted by atomic mass is 32.2. The van der Waals surface area contributed by atoms with Crippen molar-refractivity contribution in [1.29, 1.82) is 0 Å². The van der Waals surface area contributed by atoms with Crippen molar-refractivity contribution in [3.8, 4) is 0 Å². The average Bonchev–Trinajstić information content (AvgIpc) is 3.47. The van der Waals surface area contributed by atoms with Gasteiger partial charge in [-0.25, -0.2) is 4.98 Å². The van der Waals surface area contributed by atoms with Crippen LogP contribution in [0.3, 0.4) is 0 Å². The number of aromatic nitrogens is 2. The lowest BCUT2D eigenvalue weighted by molar-refractivity contribution is -0.118. The molecule has 1 aliphatic carbocycles. The largest absolute Gasteiger partial charge is 0.467 e. The van der Waals surface area contributed by atoms with Gasteiger partial charge in [-0.3, -0.25) is 19.0 Å². The molecule has 2 amide bonds. The molecule has 1 saturated carbocycles. The molecule has 2 N–H and O–H groups in total. The van der Waals surface area contributed by atoms with E-state index in [1.165, 1.54) is 18.2 Å². The number of nitrogens with zero attached hydrogens (tertiary/aromatic N) is 2. The van der Waals surface area contributed by atoms with E-state index in [1.807, 2.05) is 24.3 Å². The summed E-state index contributed by atoms with van der Waals surface area (Å²) in [5.41, 5.74) is 1.88. The van der Waals surface area contributed by atoms with Gasteiger partial charge in [0.25, 0.3) is 11.5 Å². The smallest absolute Gasteiger partial charge is 0.262 e. The summed E-state index contributed by atoms with van der Waals surface area (Å²) in [4.78, 5) is 43.2. The van der Waals surface area contributed by atoms with Crippen LogP contribution in [-0.2, 0) is 17.9 Å². The summed E-state index contributed by atoms with van der Waals surface area (Å²) in [7, 11) is 0. The van der Waals surface area contributed by atoms with Crippen LogP contribution in [0.4, 0.5) is 0 Å². The zero-order valence-corrected chi connectivity index (χ0v) is 21.8. The first kappa shape index (κ1) is 25.8. The Labute approximate surface area is 224 Å². The molecule has 2 heterocycles. The van der Waals surface area contributed by atoms with E-state index in [2.05, 4.69) is 15.6 Å². The summed E-state index contributed by atoms with van der Waals surface area (Å²) in [6.07, 6.45) is 7.17. The number of hydrogen-bond acceptors (Lipinski definition) is 6. The fourth-order valence-electron chi connectivity index (χ4n) is 4.64. The Balaban J connectivity index is 1.31. The maximum absolute atomic E-state index is 13.4. The van der Waals surface area contributed by atoms with Gasteiger partial charge in [0.05, 0.1) is 36.0 Å². The van der Waals surface area contributed by atoms with Crippen molar-refractivity contribution in [2.75, 3.05) is 5.75 Å². The Bertz CT molecular complexity index is 1460. The van der Waals surface area contributed by atoms with E-state index in [0.29, 0.717) is 33.9 Å². The number of nitrogens with one attached hydrogen (secondary N) is 2. The molecule has 196 valence electrons. The molecule has 0 spiro atoms. The number of benzene rings is 2. The first-order valence-electron chi connectivity index (χ1n) is 12.9. The van der Waals surface area contributed by atoms with Gasteiger partial charge in [0, 0.05) is 11.6 Å². The molecule has 5 rings (SSSR count). The van der Waals surface area contributed by atoms with Gasteiger partial charge in [0.1, 0.15) is 5.76 Å². The Morgan fingerprint density at radius 1 is 1.00 bits per heavy atom. The lowest BCUT2D eigenvalue weighted by atomic mass is 9.95. The molecule has 8 nitrogen and oxygen atoms in total. The molecule has 9 heteroatoms. The zero-order valence-electron chi connectivity index (χ0n) is 21.0. The first-order valence-corrected chi connectivity index (χ1v) is 13.9. The zero-order chi connectivity index (χ0) is 26.3. The van der Waals surface area contributed by atoms with Gasteiger partial charge in [-0.15, -0.1) is 0 Å². The van der Waals surface area contributed by atoms with Crippen LogP contribution in [0, 0.1) is 0 Å². The number of fused-ring (bicyclic) bond motifs is 1. The molecule has 2 aromatic heterocycles. The van der Waals surface area contributed by atoms with Gasteiger partial charge in [-0.1, -0.05) is 55.3 Å². The number of amides is 2. The lowest BCUT2D eigenvalue weighted by Gasteiger charge is -2.22. The average molecular weight is 531 g/mol. The molecule has 0 unspecified atom stereocenters. The SMILES string of the molecule is O=C(CSc1nc2ccccc2c(=O)n1Cc1ccc(C(=O)NC2CCCCC2)cc1)NCc1ccco1. The number of furan rings is 1. The van der Waals surface area contributed by atoms with Crippen molar-refractivity contribution in [3.05, 3.63) is 94.2 Å². The molecule has 1 fully saturated rings. The molecule has 2 aromatic carbocycles. The van der Waals surface area contributed by atoms with Gasteiger partial charge < -0.3 is 15.1 Å². The van der Waals surface area contributed by atoms with Gasteiger partial charge >= 0.3 is 0 Å². The number of hydrogen-bond donors (Lipinski definition) is 2. The highest BCUT2D eigenvalue weighted by Crippen LogP contribution is 2.20. The Morgan fingerprint density at radius 2 is 1.79 bits per heavy atom. The highest BCUT2D eigenvalue weighted by Gasteiger charge is 2.17. The van der Waals surface area contributed by atoms with Gasteiger partial charge in [-0.05, 0) is 54.8 Å². The number of carbonyl (C=O) groups is 2. The van der Waals surface area contributed by atoms with Gasteiger partial charge in [0.2, 0.25) is 5.91 Å². The van der Waals surface area contributed by atoms with E-state index in [4.69, 9.17) is 4.42 Å². The maximum atomic E-state index is 13.4. The molecule has 38 heavy (non-hydrogen) atoms. The molecular formula is C29H30N4O4S. The standard InChI is InChI=1S/C29H30N4O4S/c34-26(30-17-23-9-6-16-37-23)19-38-29-32-25-11-5-4-10-24(25)28(36)33(29)18-20-12-14-21(15-13-20)27(35)31-22-7-2-1-3-8-22/h4-6,9-16,22H,1-3,7-8,17-19H2,(H,30,34)(H,31,35). The van der Waals surface area contributed by atoms with Crippen LogP contribution < -0.4 is 16.2 Å². The summed E-state index contributed by atoms with van der Waals surface area (Å²) in [5.74, 6) is 0.518. The molecule has 4 aromatic rings. The van der Waals surface area contributed by atoms with E-state index in [1.54, 1.807) is 47.2 Å². The van der Waals surface area contributed by atoms with Crippen LogP contribution in [0.25, 0.3) is 10.9 Å². The second-order valence-corrected chi connectivity index (χ2v) is 10.4. The highest BCUT2D eigenvalue weighted by molar-refractivity contribution is 7.99. The topological polar surface area (TPSA) is 106 Å². The predicted molar refractivity (Wildman–Crippen MR) is 147 cm³/mol. The minimum Gasteiger partial charge on any atom is -0.467 e. The number of thioether (sulfide) groups is 1. The number of rotatable bonds is 9. The minimum absolute atomic E-state index is 0.0650. The van der Waals surface area contributed by atoms with E-state index in [0.717, 1.165) is 31.2 Å². The van der Waals surface area contributed by atoms with Crippen molar-refractivity contribution < 1.29 is 14.0 Å². The van der Waals surface area contributed by atoms with Crippen LogP contribution in [0.15, 0.2) is 81.3 Å². The normalized spacial score (nSPS) is 13.9. The summed E-state index contributed by atoms with van der Waals surface area (Å²) in [5, 5.41) is 6.93. The summed E-state index contributed by atoms with van der Waals surface area (Å²) in [6.45, 7) is 0.572. The second kappa shape index (κ2) is 12.1. The van der Waals surface area contributed by atoms with Crippen molar-refractivity contribution in [3.63, 3.8) is 0 Å². The summed E-state index contributed by atoms with van der Waals surface area (Å²) < 4.78 is 6.84. The monoisotopic (exact) mass is 530 g/mol. The van der Waals surface area contributed by atoms with Gasteiger partial charge in [0.15, 0.2) is 5.16 Å². The van der Waals surface area contributed by atoms with Crippen molar-refractivity contribution in [2.24, 2.45) is 0 Å². The van der Waals surface area contributed by atoms with Crippen LogP contribution in [0.5, 0.6) is 0 Å². The number of para-hydroxylation sites is 1. The Morgan fingerprint density at radius 3 is 2.55 bits per heavy atom. The second-order valence-electron chi connectivity index (χ2n) is 9.45. The third-order valence-corrected chi connectivity index (χ3v) is 7.67. The molecule has 1 aliphatic rings. The molecule has 0 bridgehead atoms. The molecular weight excluding hydrogens is 500 g/mol. The van der Waals surface area contributed by atoms with E-state index in [9.17, 15) is 14.4 Å². The van der Waals surface area contributed by atoms with Crippen LogP contribution >= 0.6 is 11.8 Å². The molecule has 0 saturated heterocycles. The van der Waals surface area contributed by atoms with Crippen molar-refractivity contribution >= 4 is 34.5 Å². The molecule has 0 radical (unpaired) electrons. The van der Waals surface area contributed by atoms with Crippen molar-refractivity contribution in [1.82, 2.24) is 20.2 Å². The Hall–Kier alpha value is -3.85. The predicted octanol–water partition coefficient (Wildman–Crippen LogP) is 4.51. The van der Waals surface area contributed by atoms with Crippen LogP contribution in [-0.4, -0.2) is 33.2 Å². The molecule has 0 atom stereocenters. The van der Waals surface area contributed by atoms with Crippen LogP contribution in [0.1, 0.15) is 53.8 Å². The lowest BCUT2D eigenvalue weighted by Crippen LogP contribution is -2.36. The summed E-state index contributed by atoms with van der Waals surface area (Å²) in [6, 6.07) is 18.3. The third kappa shape index (κ3) is 6.34. The molecule has 0 aliphatic heterocycles. The van der Waals surface area contributed by atoms with Crippen molar-refractivity contribution in [2.45, 2.75) is 56.4 Å². The fraction of sp³-hybridized carbons (Fsp3) is 0.310. The summed E-state index contributed by atoms with van der Waals surface area (Å²) >= 11 is 1.21. The Kier molecular flexibility index (Phi) is 8.23. The minimum atomic E-state index is -0.186. The maximum Gasteiger partial charge on any atom is 0.262 e. The number of carbonyl (C=O) groups excluding carboxylic acids is 2. The fourth-order valence-corrected chi connectivity index (χ4v) is 5.47. The first-order chi connectivity index (χ1) is 18.6. The van der Waals surface area contributed by atoms with Crippen LogP contribution in [0.2, 0.25) is 0 Å². The van der Waals surface area contributed by atoms with E-state index >= 15 is 0 Å². The van der Waals surface area contributed by atoms with E-state index < -0.39 is 0 Å².